The zero-order valence-corrected chi connectivity index (χ0v) is 13.1. The van der Waals surface area contributed by atoms with Gasteiger partial charge in [-0.05, 0) is 24.1 Å². The number of aryl methyl sites for hydroxylation is 1. The number of piperazine rings is 1. The van der Waals surface area contributed by atoms with Crippen molar-refractivity contribution in [3.05, 3.63) is 29.6 Å². The lowest BCUT2D eigenvalue weighted by Gasteiger charge is -2.43. The van der Waals surface area contributed by atoms with Gasteiger partial charge in [0.15, 0.2) is 0 Å². The van der Waals surface area contributed by atoms with Gasteiger partial charge >= 0.3 is 0 Å². The second-order valence-electron chi connectivity index (χ2n) is 6.26. The van der Waals surface area contributed by atoms with E-state index in [4.69, 9.17) is 10.5 Å². The van der Waals surface area contributed by atoms with Crippen LogP contribution in [0, 0.1) is 6.92 Å². The maximum atomic E-state index is 11.9. The molecule has 0 bridgehead atoms. The van der Waals surface area contributed by atoms with Crippen molar-refractivity contribution in [1.82, 2.24) is 14.8 Å². The first-order valence-corrected chi connectivity index (χ1v) is 7.86. The summed E-state index contributed by atoms with van der Waals surface area (Å²) in [5.74, 6) is -0.247. The average molecular weight is 304 g/mol. The van der Waals surface area contributed by atoms with Gasteiger partial charge in [-0.1, -0.05) is 0 Å². The number of carbonyl (C=O) groups is 1. The summed E-state index contributed by atoms with van der Waals surface area (Å²) >= 11 is 0. The van der Waals surface area contributed by atoms with Gasteiger partial charge in [0.05, 0.1) is 6.61 Å². The van der Waals surface area contributed by atoms with E-state index in [9.17, 15) is 4.79 Å². The van der Waals surface area contributed by atoms with Crippen molar-refractivity contribution >= 4 is 5.91 Å². The van der Waals surface area contributed by atoms with Gasteiger partial charge in [-0.25, -0.2) is 0 Å². The molecule has 2 fully saturated rings. The van der Waals surface area contributed by atoms with Crippen molar-refractivity contribution in [1.29, 1.82) is 0 Å². The molecule has 2 aliphatic heterocycles. The molecule has 1 amide bonds. The van der Waals surface area contributed by atoms with Gasteiger partial charge < -0.3 is 10.5 Å². The van der Waals surface area contributed by atoms with Crippen LogP contribution in [0.2, 0.25) is 0 Å². The minimum atomic E-state index is -0.585. The number of primary amides is 1. The van der Waals surface area contributed by atoms with Gasteiger partial charge in [0.2, 0.25) is 5.91 Å². The molecule has 6 nitrogen and oxygen atoms in total. The lowest BCUT2D eigenvalue weighted by Crippen LogP contribution is -2.63. The normalized spacial score (nSPS) is 27.1. The van der Waals surface area contributed by atoms with Crippen LogP contribution in [-0.4, -0.2) is 65.6 Å². The fraction of sp³-hybridized carbons (Fsp3) is 0.625. The van der Waals surface area contributed by atoms with E-state index in [2.05, 4.69) is 27.8 Å². The van der Waals surface area contributed by atoms with Gasteiger partial charge in [0, 0.05) is 58.1 Å². The van der Waals surface area contributed by atoms with Crippen molar-refractivity contribution < 1.29 is 9.53 Å². The predicted molar refractivity (Wildman–Crippen MR) is 83.2 cm³/mol. The third-order valence-corrected chi connectivity index (χ3v) is 4.97. The summed E-state index contributed by atoms with van der Waals surface area (Å²) in [6.07, 6.45) is 4.46. The summed E-state index contributed by atoms with van der Waals surface area (Å²) in [4.78, 5) is 20.7. The van der Waals surface area contributed by atoms with Crippen molar-refractivity contribution in [3.63, 3.8) is 0 Å². The van der Waals surface area contributed by atoms with Crippen molar-refractivity contribution in [2.24, 2.45) is 5.73 Å². The van der Waals surface area contributed by atoms with E-state index in [0.717, 1.165) is 32.7 Å². The van der Waals surface area contributed by atoms with E-state index in [1.165, 1.54) is 11.1 Å². The van der Waals surface area contributed by atoms with E-state index in [1.807, 2.05) is 12.4 Å². The molecule has 6 heteroatoms. The number of rotatable bonds is 4. The molecular weight excluding hydrogens is 280 g/mol. The number of hydrogen-bond acceptors (Lipinski definition) is 5. The molecule has 0 aromatic carbocycles. The van der Waals surface area contributed by atoms with Crippen molar-refractivity contribution in [3.8, 4) is 0 Å². The quantitative estimate of drug-likeness (QED) is 0.857. The van der Waals surface area contributed by atoms with Gasteiger partial charge in [0.1, 0.15) is 5.54 Å². The molecule has 2 aliphatic rings. The summed E-state index contributed by atoms with van der Waals surface area (Å²) < 4.78 is 5.45. The molecular formula is C16H24N4O2. The Morgan fingerprint density at radius 3 is 2.77 bits per heavy atom. The Balaban J connectivity index is 1.61. The number of pyridine rings is 1. The first-order chi connectivity index (χ1) is 10.6. The van der Waals surface area contributed by atoms with Gasteiger partial charge in [-0.2, -0.15) is 0 Å². The largest absolute Gasteiger partial charge is 0.379 e. The summed E-state index contributed by atoms with van der Waals surface area (Å²) in [5, 5.41) is 0. The first-order valence-electron chi connectivity index (χ1n) is 7.86. The number of aromatic nitrogens is 1. The third kappa shape index (κ3) is 2.86. The number of ether oxygens (including phenoxy) is 1. The molecule has 1 unspecified atom stereocenters. The van der Waals surface area contributed by atoms with Crippen LogP contribution in [0.5, 0.6) is 0 Å². The Labute approximate surface area is 131 Å². The molecule has 2 saturated heterocycles. The Morgan fingerprint density at radius 2 is 2.18 bits per heavy atom. The SMILES string of the molecule is Cc1cnccc1CN1CCN(C2(C(N)=O)CCOC2)CC1. The average Bonchev–Trinajstić information content (AvgIpc) is 3.01. The minimum absolute atomic E-state index is 0.247. The zero-order chi connectivity index (χ0) is 15.6. The molecule has 120 valence electrons. The molecule has 3 heterocycles. The highest BCUT2D eigenvalue weighted by Gasteiger charge is 2.46. The fourth-order valence-corrected chi connectivity index (χ4v) is 3.41. The number of nitrogens with two attached hydrogens (primary N) is 1. The van der Waals surface area contributed by atoms with Crippen LogP contribution in [0.1, 0.15) is 17.5 Å². The van der Waals surface area contributed by atoms with Crippen LogP contribution in [-0.2, 0) is 16.1 Å². The molecule has 1 aromatic rings. The van der Waals surface area contributed by atoms with E-state index in [1.54, 1.807) is 0 Å². The maximum absolute atomic E-state index is 11.9. The van der Waals surface area contributed by atoms with Crippen LogP contribution in [0.25, 0.3) is 0 Å². The molecule has 1 aromatic heterocycles. The Hall–Kier alpha value is -1.50. The maximum Gasteiger partial charge on any atom is 0.240 e. The smallest absolute Gasteiger partial charge is 0.240 e. The highest BCUT2D eigenvalue weighted by molar-refractivity contribution is 5.85. The first kappa shape index (κ1) is 15.4. The molecule has 0 spiro atoms. The fourth-order valence-electron chi connectivity index (χ4n) is 3.41. The number of hydrogen-bond donors (Lipinski definition) is 1. The monoisotopic (exact) mass is 304 g/mol. The van der Waals surface area contributed by atoms with E-state index < -0.39 is 5.54 Å². The summed E-state index contributed by atoms with van der Waals surface area (Å²) in [5.41, 5.74) is 7.62. The second kappa shape index (κ2) is 6.32. The molecule has 2 N–H and O–H groups in total. The van der Waals surface area contributed by atoms with Crippen LogP contribution in [0.3, 0.4) is 0 Å². The number of amides is 1. The molecule has 0 radical (unpaired) electrons. The van der Waals surface area contributed by atoms with Crippen molar-refractivity contribution in [2.75, 3.05) is 39.4 Å². The lowest BCUT2D eigenvalue weighted by molar-refractivity contribution is -0.132. The summed E-state index contributed by atoms with van der Waals surface area (Å²) in [7, 11) is 0. The highest BCUT2D eigenvalue weighted by atomic mass is 16.5. The lowest BCUT2D eigenvalue weighted by atomic mass is 9.94. The summed E-state index contributed by atoms with van der Waals surface area (Å²) in [6, 6.07) is 2.08. The standard InChI is InChI=1S/C16H24N4O2/c1-13-10-18-4-2-14(13)11-19-5-7-20(8-6-19)16(15(17)21)3-9-22-12-16/h2,4,10H,3,5-9,11-12H2,1H3,(H2,17,21). The summed E-state index contributed by atoms with van der Waals surface area (Å²) in [6.45, 7) is 7.68. The van der Waals surface area contributed by atoms with Crippen LogP contribution < -0.4 is 5.73 Å². The Bertz CT molecular complexity index is 535. The predicted octanol–water partition coefficient (Wildman–Crippen LogP) is 0.152. The number of carbonyl (C=O) groups excluding carboxylic acids is 1. The van der Waals surface area contributed by atoms with Crippen molar-refractivity contribution in [2.45, 2.75) is 25.4 Å². The molecule has 0 saturated carbocycles. The van der Waals surface area contributed by atoms with Crippen LogP contribution >= 0.6 is 0 Å². The van der Waals surface area contributed by atoms with E-state index in [0.29, 0.717) is 19.6 Å². The van der Waals surface area contributed by atoms with Gasteiger partial charge in [-0.15, -0.1) is 0 Å². The van der Waals surface area contributed by atoms with Gasteiger partial charge in [-0.3, -0.25) is 19.6 Å². The molecule has 3 rings (SSSR count). The highest BCUT2D eigenvalue weighted by Crippen LogP contribution is 2.27. The second-order valence-corrected chi connectivity index (χ2v) is 6.26. The number of nitrogens with zero attached hydrogens (tertiary/aromatic N) is 3. The molecule has 1 atom stereocenters. The van der Waals surface area contributed by atoms with E-state index >= 15 is 0 Å². The third-order valence-electron chi connectivity index (χ3n) is 4.97. The molecule has 0 aliphatic carbocycles. The zero-order valence-electron chi connectivity index (χ0n) is 13.1. The minimum Gasteiger partial charge on any atom is -0.379 e. The topological polar surface area (TPSA) is 71.7 Å². The van der Waals surface area contributed by atoms with Crippen LogP contribution in [0.15, 0.2) is 18.5 Å². The van der Waals surface area contributed by atoms with Gasteiger partial charge in [0.25, 0.3) is 0 Å². The Kier molecular flexibility index (Phi) is 4.42. The Morgan fingerprint density at radius 1 is 1.41 bits per heavy atom. The van der Waals surface area contributed by atoms with E-state index in [-0.39, 0.29) is 5.91 Å². The van der Waals surface area contributed by atoms with Crippen LogP contribution in [0.4, 0.5) is 0 Å². The molecule has 22 heavy (non-hydrogen) atoms.